The molecule has 0 N–H and O–H groups in total. The molecule has 1 saturated heterocycles. The molecule has 37 heavy (non-hydrogen) atoms. The Balaban J connectivity index is 0.00000280. The number of fused-ring (bicyclic) bond motifs is 2. The largest absolute Gasteiger partial charge is 1.00 e. The van der Waals surface area contributed by atoms with Crippen molar-refractivity contribution >= 4 is 11.9 Å². The number of carbonyl (C=O) groups excluding carboxylic acids is 1. The molecule has 3 aliphatic rings. The molecule has 7 nitrogen and oxygen atoms in total. The Bertz CT molecular complexity index is 1320. The van der Waals surface area contributed by atoms with Crippen LogP contribution >= 0.6 is 0 Å². The van der Waals surface area contributed by atoms with Gasteiger partial charge in [-0.3, -0.25) is 0 Å². The number of aliphatic carboxylic acids is 1. The smallest absolute Gasteiger partial charge is 0.550 e. The van der Waals surface area contributed by atoms with Crippen LogP contribution in [0.3, 0.4) is 0 Å². The Hall–Kier alpha value is -2.61. The predicted molar refractivity (Wildman–Crippen MR) is 135 cm³/mol. The van der Waals surface area contributed by atoms with Gasteiger partial charge in [-0.1, -0.05) is 30.3 Å². The van der Waals surface area contributed by atoms with Crippen molar-refractivity contribution in [3.8, 4) is 22.6 Å². The van der Waals surface area contributed by atoms with Gasteiger partial charge in [-0.15, -0.1) is 0 Å². The van der Waals surface area contributed by atoms with Gasteiger partial charge in [0.2, 0.25) is 5.95 Å². The molecule has 6 rings (SSSR count). The van der Waals surface area contributed by atoms with Crippen molar-refractivity contribution < 1.29 is 48.9 Å². The summed E-state index contributed by atoms with van der Waals surface area (Å²) in [5, 5.41) is 11.0. The third-order valence-corrected chi connectivity index (χ3v) is 7.68. The van der Waals surface area contributed by atoms with Crippen LogP contribution in [0.25, 0.3) is 11.1 Å². The van der Waals surface area contributed by atoms with E-state index < -0.39 is 5.97 Å². The molecule has 1 aromatic heterocycles. The number of carboxylic acid groups (broad SMARTS) is 1. The first-order valence-corrected chi connectivity index (χ1v) is 12.8. The zero-order valence-electron chi connectivity index (χ0n) is 21.8. The first kappa shape index (κ1) is 26.0. The fraction of sp³-hybridized carbons (Fsp3) is 0.414. The molecule has 3 aromatic rings. The summed E-state index contributed by atoms with van der Waals surface area (Å²) in [4.78, 5) is 23.0. The van der Waals surface area contributed by atoms with E-state index in [1.54, 1.807) is 0 Å². The summed E-state index contributed by atoms with van der Waals surface area (Å²) in [6, 6.07) is 12.5. The number of aromatic nitrogens is 2. The fourth-order valence-corrected chi connectivity index (χ4v) is 5.93. The summed E-state index contributed by atoms with van der Waals surface area (Å²) in [7, 11) is 0. The van der Waals surface area contributed by atoms with Crippen molar-refractivity contribution in [1.82, 2.24) is 9.97 Å². The molecule has 2 atom stereocenters. The number of nitrogens with zero attached hydrogens (tertiary/aromatic N) is 3. The van der Waals surface area contributed by atoms with Crippen LogP contribution in [0.1, 0.15) is 59.2 Å². The molecule has 2 aromatic carbocycles. The van der Waals surface area contributed by atoms with E-state index in [0.717, 1.165) is 70.6 Å². The molecule has 0 bridgehead atoms. The van der Waals surface area contributed by atoms with Gasteiger partial charge in [0.1, 0.15) is 11.5 Å². The number of aryl methyl sites for hydroxylation is 2. The summed E-state index contributed by atoms with van der Waals surface area (Å²) in [6.45, 7) is 7.18. The molecule has 0 amide bonds. The van der Waals surface area contributed by atoms with Gasteiger partial charge in [0.05, 0.1) is 24.6 Å². The first-order chi connectivity index (χ1) is 17.5. The number of anilines is 1. The van der Waals surface area contributed by atoms with Crippen LogP contribution in [0.5, 0.6) is 11.5 Å². The van der Waals surface area contributed by atoms with Crippen LogP contribution in [0.15, 0.2) is 36.4 Å². The number of carbonyl (C=O) groups is 1. The predicted octanol–water partition coefficient (Wildman–Crippen LogP) is 0.699. The van der Waals surface area contributed by atoms with Crippen molar-refractivity contribution in [2.24, 2.45) is 0 Å². The average Bonchev–Trinajstić information content (AvgIpc) is 3.60. The van der Waals surface area contributed by atoms with Gasteiger partial charge in [0.25, 0.3) is 0 Å². The quantitative estimate of drug-likeness (QED) is 0.454. The Labute approximate surface area is 239 Å². The fourth-order valence-electron chi connectivity index (χ4n) is 5.93. The molecule has 0 unspecified atom stereocenters. The van der Waals surface area contributed by atoms with Gasteiger partial charge in [-0.05, 0) is 51.2 Å². The number of rotatable bonds is 6. The summed E-state index contributed by atoms with van der Waals surface area (Å²) in [5.41, 5.74) is 7.38. The van der Waals surface area contributed by atoms with E-state index in [2.05, 4.69) is 43.0 Å². The number of carboxylic acids is 1. The zero-order chi connectivity index (χ0) is 24.8. The van der Waals surface area contributed by atoms with Crippen molar-refractivity contribution in [2.75, 3.05) is 31.2 Å². The topological polar surface area (TPSA) is 87.6 Å². The molecule has 0 radical (unpaired) electrons. The SMILES string of the molecule is Cc1nc(N2CCCC2)nc(C)c1-c1cccc2c1OC[C@H]2Cc1ccc2c(c1)OC[C@H]2CC(=O)[O-].[Na+]. The normalized spacial score (nSPS) is 19.6. The monoisotopic (exact) mass is 507 g/mol. The first-order valence-electron chi connectivity index (χ1n) is 12.8. The van der Waals surface area contributed by atoms with E-state index in [0.29, 0.717) is 13.2 Å². The van der Waals surface area contributed by atoms with Crippen molar-refractivity contribution in [3.05, 3.63) is 64.5 Å². The van der Waals surface area contributed by atoms with Crippen LogP contribution in [-0.2, 0) is 11.2 Å². The summed E-state index contributed by atoms with van der Waals surface area (Å²) in [6.07, 6.45) is 3.20. The Morgan fingerprint density at radius 2 is 1.73 bits per heavy atom. The maximum absolute atomic E-state index is 11.0. The number of hydrogen-bond donors (Lipinski definition) is 0. The Kier molecular flexibility index (Phi) is 7.48. The number of ether oxygens (including phenoxy) is 2. The van der Waals surface area contributed by atoms with Crippen molar-refractivity contribution in [2.45, 2.75) is 51.4 Å². The molecular formula is C29H30N3NaO4. The molecule has 4 heterocycles. The second kappa shape index (κ2) is 10.6. The second-order valence-corrected chi connectivity index (χ2v) is 10.2. The van der Waals surface area contributed by atoms with Crippen LogP contribution in [0.2, 0.25) is 0 Å². The average molecular weight is 508 g/mol. The number of para-hydroxylation sites is 1. The van der Waals surface area contributed by atoms with Crippen molar-refractivity contribution in [3.63, 3.8) is 0 Å². The molecule has 0 aliphatic carbocycles. The third-order valence-electron chi connectivity index (χ3n) is 7.68. The van der Waals surface area contributed by atoms with Gasteiger partial charge in [-0.25, -0.2) is 9.97 Å². The zero-order valence-corrected chi connectivity index (χ0v) is 23.8. The molecular weight excluding hydrogens is 477 g/mol. The molecule has 0 spiro atoms. The van der Waals surface area contributed by atoms with Crippen LogP contribution < -0.4 is 49.0 Å². The number of benzene rings is 2. The molecule has 186 valence electrons. The maximum Gasteiger partial charge on any atom is 1.00 e. The van der Waals surface area contributed by atoms with Gasteiger partial charge in [0, 0.05) is 53.1 Å². The minimum Gasteiger partial charge on any atom is -0.550 e. The Morgan fingerprint density at radius 1 is 1.00 bits per heavy atom. The minimum atomic E-state index is -1.04. The second-order valence-electron chi connectivity index (χ2n) is 10.2. The van der Waals surface area contributed by atoms with Crippen LogP contribution in [-0.4, -0.2) is 42.2 Å². The molecule has 0 saturated carbocycles. The van der Waals surface area contributed by atoms with E-state index in [1.807, 2.05) is 12.1 Å². The van der Waals surface area contributed by atoms with Crippen molar-refractivity contribution in [1.29, 1.82) is 0 Å². The number of hydrogen-bond acceptors (Lipinski definition) is 7. The van der Waals surface area contributed by atoms with E-state index in [1.165, 1.54) is 18.4 Å². The summed E-state index contributed by atoms with van der Waals surface area (Å²) >= 11 is 0. The standard InChI is InChI=1S/C29H31N3O4.Na/c1-17-27(18(2)31-29(30-17)32-10-3-4-11-32)24-7-5-6-23-20(16-36-28(23)24)12-19-8-9-22-21(14-26(33)34)15-35-25(22)13-19;/h5-9,13,20-21H,3-4,10-12,14-16H2,1-2H3,(H,33,34);/q;+1/p-1/t20-,21-;/m1./s1. The summed E-state index contributed by atoms with van der Waals surface area (Å²) in [5.74, 6) is 1.59. The van der Waals surface area contributed by atoms with Gasteiger partial charge in [0.15, 0.2) is 0 Å². The third kappa shape index (κ3) is 4.97. The molecule has 8 heteroatoms. The van der Waals surface area contributed by atoms with Gasteiger partial charge < -0.3 is 24.3 Å². The Morgan fingerprint density at radius 3 is 2.46 bits per heavy atom. The van der Waals surface area contributed by atoms with Crippen LogP contribution in [0.4, 0.5) is 5.95 Å². The molecule has 1 fully saturated rings. The van der Waals surface area contributed by atoms with Crippen LogP contribution in [0, 0.1) is 13.8 Å². The van der Waals surface area contributed by atoms with E-state index in [9.17, 15) is 9.90 Å². The van der Waals surface area contributed by atoms with E-state index in [-0.39, 0.29) is 47.8 Å². The van der Waals surface area contributed by atoms with Gasteiger partial charge in [-0.2, -0.15) is 0 Å². The van der Waals surface area contributed by atoms with E-state index in [4.69, 9.17) is 19.4 Å². The maximum atomic E-state index is 11.0. The van der Waals surface area contributed by atoms with E-state index >= 15 is 0 Å². The summed E-state index contributed by atoms with van der Waals surface area (Å²) < 4.78 is 12.1. The molecule has 3 aliphatic heterocycles. The minimum absolute atomic E-state index is 0. The van der Waals surface area contributed by atoms with Gasteiger partial charge >= 0.3 is 29.6 Å².